The van der Waals surface area contributed by atoms with E-state index in [4.69, 9.17) is 26.1 Å². The molecule has 0 bridgehead atoms. The molecule has 0 saturated heterocycles. The maximum atomic E-state index is 14.4. The Morgan fingerprint density at radius 2 is 1.76 bits per heavy atom. The third kappa shape index (κ3) is 10.1. The fourth-order valence-electron chi connectivity index (χ4n) is 9.58. The van der Waals surface area contributed by atoms with E-state index >= 15 is 0 Å². The number of thiophene rings is 1. The highest BCUT2D eigenvalue weighted by molar-refractivity contribution is 7.89. The molecule has 0 saturated carbocycles. The Morgan fingerprint density at radius 3 is 2.52 bits per heavy atom. The minimum Gasteiger partial charge on any atom is -0.494 e. The summed E-state index contributed by atoms with van der Waals surface area (Å²) in [6.45, 7) is 10.6. The zero-order valence-electron chi connectivity index (χ0n) is 40.7. The van der Waals surface area contributed by atoms with Gasteiger partial charge in [0.2, 0.25) is 15.9 Å². The number of methoxy groups -OCH3 is 1. The molecule has 3 aromatic heterocycles. The number of aromatic nitrogens is 6. The molecular formula is C52H56ClN9O7S2. The number of rotatable bonds is 16. The highest BCUT2D eigenvalue weighted by Crippen LogP contribution is 2.41. The number of fused-ring (bicyclic) bond motifs is 5. The lowest BCUT2D eigenvalue weighted by Gasteiger charge is -2.24. The van der Waals surface area contributed by atoms with Crippen LogP contribution in [0.15, 0.2) is 82.7 Å². The second-order valence-electron chi connectivity index (χ2n) is 18.4. The van der Waals surface area contributed by atoms with E-state index in [1.54, 1.807) is 36.2 Å². The van der Waals surface area contributed by atoms with Crippen molar-refractivity contribution >= 4 is 61.6 Å². The molecule has 0 fully saturated rings. The summed E-state index contributed by atoms with van der Waals surface area (Å²) in [6, 6.07) is 21.7. The molecule has 1 amide bonds. The largest absolute Gasteiger partial charge is 0.494 e. The number of carbonyl (C=O) groups excluding carboxylic acids is 1. The summed E-state index contributed by atoms with van der Waals surface area (Å²) in [6.07, 6.45) is 2.56. The van der Waals surface area contributed by atoms with Crippen LogP contribution in [0.3, 0.4) is 0 Å². The second kappa shape index (κ2) is 20.3. The lowest BCUT2D eigenvalue weighted by Crippen LogP contribution is -2.35. The van der Waals surface area contributed by atoms with Crippen molar-refractivity contribution in [1.82, 2.24) is 39.4 Å². The molecule has 0 radical (unpaired) electrons. The van der Waals surface area contributed by atoms with Crippen LogP contribution in [0, 0.1) is 27.7 Å². The van der Waals surface area contributed by atoms with Crippen LogP contribution < -0.4 is 14.8 Å². The van der Waals surface area contributed by atoms with Crippen molar-refractivity contribution < 1.29 is 32.6 Å². The smallest absolute Gasteiger partial charge is 0.304 e. The molecule has 7 aromatic rings. The zero-order valence-corrected chi connectivity index (χ0v) is 43.1. The van der Waals surface area contributed by atoms with E-state index in [1.165, 1.54) is 9.18 Å². The van der Waals surface area contributed by atoms with Crippen LogP contribution in [0.4, 0.5) is 0 Å². The standard InChI is InChI=1S/C52H56ClN9O7S2/c1-29-12-14-36(40(25-47(64)65)37-23-41-50(44(24-37)68-7)60(6)59-57-41)22-38(29)28-61-27-30(2)69-43-21-34(13-19-45(43)71(61,66)67)11-9-8-10-20-54-46(63)26-42-51-58-56-33(5)62(51)52-48(31(3)32(4)70-52)49(55-42)35-15-17-39(53)18-16-35/h12-19,21-24,30,40,42H,8-11,20,25-28H2,1-7H3,(H,54,63)(H,64,65)/t30-,40+,42+/m1/s1. The van der Waals surface area contributed by atoms with Crippen LogP contribution in [-0.2, 0) is 39.6 Å². The Balaban J connectivity index is 0.834. The number of aryl methyl sites for hydroxylation is 5. The zero-order chi connectivity index (χ0) is 50.3. The van der Waals surface area contributed by atoms with Crippen molar-refractivity contribution in [2.75, 3.05) is 20.2 Å². The summed E-state index contributed by atoms with van der Waals surface area (Å²) in [5.41, 5.74) is 9.10. The molecule has 2 aliphatic heterocycles. The van der Waals surface area contributed by atoms with E-state index in [0.717, 1.165) is 74.7 Å². The topological polar surface area (TPSA) is 196 Å². The van der Waals surface area contributed by atoms with Gasteiger partial charge in [-0.2, -0.15) is 4.31 Å². The van der Waals surface area contributed by atoms with Crippen LogP contribution >= 0.6 is 22.9 Å². The minimum atomic E-state index is -4.00. The molecule has 0 spiro atoms. The number of nitrogens with zero attached hydrogens (tertiary/aromatic N) is 8. The Labute approximate surface area is 421 Å². The van der Waals surface area contributed by atoms with Gasteiger partial charge in [0, 0.05) is 47.1 Å². The first kappa shape index (κ1) is 49.5. The highest BCUT2D eigenvalue weighted by Gasteiger charge is 2.35. The number of aliphatic imine (C=N–C) groups is 1. The van der Waals surface area contributed by atoms with Gasteiger partial charge in [-0.1, -0.05) is 59.6 Å². The number of amides is 1. The molecule has 3 atom stereocenters. The van der Waals surface area contributed by atoms with E-state index in [0.29, 0.717) is 51.9 Å². The number of unbranched alkanes of at least 4 members (excludes halogenated alkanes) is 2. The van der Waals surface area contributed by atoms with Gasteiger partial charge >= 0.3 is 5.97 Å². The number of carbonyl (C=O) groups is 2. The van der Waals surface area contributed by atoms with Gasteiger partial charge in [0.05, 0.1) is 32.2 Å². The first-order chi connectivity index (χ1) is 34.0. The van der Waals surface area contributed by atoms with Crippen LogP contribution in [0.25, 0.3) is 16.0 Å². The van der Waals surface area contributed by atoms with Crippen LogP contribution in [-0.4, -0.2) is 91.5 Å². The van der Waals surface area contributed by atoms with E-state index < -0.39 is 34.1 Å². The molecule has 71 heavy (non-hydrogen) atoms. The van der Waals surface area contributed by atoms with Gasteiger partial charge in [0.25, 0.3) is 0 Å². The molecule has 9 rings (SSSR count). The molecule has 16 nitrogen and oxygen atoms in total. The van der Waals surface area contributed by atoms with E-state index in [9.17, 15) is 23.1 Å². The predicted molar refractivity (Wildman–Crippen MR) is 273 cm³/mol. The van der Waals surface area contributed by atoms with Crippen molar-refractivity contribution in [3.8, 4) is 16.5 Å². The third-order valence-corrected chi connectivity index (χ3v) is 16.7. The predicted octanol–water partition coefficient (Wildman–Crippen LogP) is 8.90. The fourth-order valence-corrected chi connectivity index (χ4v) is 12.5. The summed E-state index contributed by atoms with van der Waals surface area (Å²) in [5.74, 6) is 0.512. The van der Waals surface area contributed by atoms with Gasteiger partial charge < -0.3 is 19.9 Å². The van der Waals surface area contributed by atoms with Crippen molar-refractivity contribution in [3.63, 3.8) is 0 Å². The number of carboxylic acids is 1. The Kier molecular flexibility index (Phi) is 14.2. The quantitative estimate of drug-likeness (QED) is 0.0878. The number of halogens is 1. The number of sulfonamides is 1. The van der Waals surface area contributed by atoms with Crippen molar-refractivity contribution in [3.05, 3.63) is 139 Å². The molecular weight excluding hydrogens is 962 g/mol. The second-order valence-corrected chi connectivity index (χ2v) is 22.0. The normalized spacial score (nSPS) is 16.8. The van der Waals surface area contributed by atoms with Crippen LogP contribution in [0.2, 0.25) is 5.02 Å². The van der Waals surface area contributed by atoms with Gasteiger partial charge in [0.1, 0.15) is 50.4 Å². The van der Waals surface area contributed by atoms with Gasteiger partial charge in [-0.05, 0) is 124 Å². The van der Waals surface area contributed by atoms with E-state index in [1.807, 2.05) is 92.1 Å². The summed E-state index contributed by atoms with van der Waals surface area (Å²) >= 11 is 7.93. The van der Waals surface area contributed by atoms with E-state index in [2.05, 4.69) is 39.7 Å². The lowest BCUT2D eigenvalue weighted by atomic mass is 9.86. The first-order valence-corrected chi connectivity index (χ1v) is 26.3. The monoisotopic (exact) mass is 1020 g/mol. The molecule has 0 unspecified atom stereocenters. The number of hydrogen-bond donors (Lipinski definition) is 2. The minimum absolute atomic E-state index is 0.0641. The van der Waals surface area contributed by atoms with Crippen LogP contribution in [0.5, 0.6) is 11.5 Å². The molecule has 4 aromatic carbocycles. The van der Waals surface area contributed by atoms with Gasteiger partial charge in [-0.15, -0.1) is 26.6 Å². The first-order valence-electron chi connectivity index (χ1n) is 23.6. The van der Waals surface area contributed by atoms with Gasteiger partial charge in [-0.3, -0.25) is 19.1 Å². The summed E-state index contributed by atoms with van der Waals surface area (Å²) < 4.78 is 45.9. The highest BCUT2D eigenvalue weighted by atomic mass is 35.5. The van der Waals surface area contributed by atoms with Crippen LogP contribution in [0.1, 0.15) is 112 Å². The number of carboxylic acid groups (broad SMARTS) is 1. The summed E-state index contributed by atoms with van der Waals surface area (Å²) in [4.78, 5) is 32.3. The van der Waals surface area contributed by atoms with Crippen molar-refractivity contribution in [2.45, 2.75) is 103 Å². The fraction of sp³-hybridized carbons (Fsp3) is 0.365. The number of aliphatic carboxylic acids is 1. The third-order valence-electron chi connectivity index (χ3n) is 13.4. The SMILES string of the molecule is COc1cc([C@@H](CC(=O)O)c2ccc(C)c(CN3C[C@@H](C)Oc4cc(CCCCCNC(=O)C[C@@H]5N=C(c6ccc(Cl)cc6)c6c(sc(C)c6C)-n6c(C)nnc65)ccc4S3(=O)=O)c2)cc2nnn(C)c12. The number of nitrogens with one attached hydrogen (secondary N) is 1. The van der Waals surface area contributed by atoms with E-state index in [-0.39, 0.29) is 36.7 Å². The van der Waals surface area contributed by atoms with Gasteiger partial charge in [-0.25, -0.2) is 13.1 Å². The van der Waals surface area contributed by atoms with Gasteiger partial charge in [0.15, 0.2) is 5.82 Å². The summed E-state index contributed by atoms with van der Waals surface area (Å²) in [5, 5.41) is 32.1. The number of hydrogen-bond acceptors (Lipinski definition) is 12. The molecule has 0 aliphatic carbocycles. The Hall–Kier alpha value is -6.47. The molecule has 19 heteroatoms. The maximum Gasteiger partial charge on any atom is 0.304 e. The summed E-state index contributed by atoms with van der Waals surface area (Å²) in [7, 11) is -0.693. The molecule has 5 heterocycles. The average molecular weight is 1020 g/mol. The molecule has 2 aliphatic rings. The molecule has 2 N–H and O–H groups in total. The average Bonchev–Trinajstić information content (AvgIpc) is 3.95. The number of ether oxygens (including phenoxy) is 2. The number of benzene rings is 4. The van der Waals surface area contributed by atoms with Crippen molar-refractivity contribution in [1.29, 1.82) is 0 Å². The lowest BCUT2D eigenvalue weighted by molar-refractivity contribution is -0.137. The molecule has 370 valence electrons. The van der Waals surface area contributed by atoms with Crippen molar-refractivity contribution in [2.24, 2.45) is 12.0 Å². The maximum absolute atomic E-state index is 14.4. The Morgan fingerprint density at radius 1 is 0.972 bits per heavy atom. The Bertz CT molecular complexity index is 3330.